The van der Waals surface area contributed by atoms with Crippen molar-refractivity contribution in [3.05, 3.63) is 47.5 Å². The summed E-state index contributed by atoms with van der Waals surface area (Å²) in [4.78, 5) is 20.0. The van der Waals surface area contributed by atoms with Gasteiger partial charge in [-0.2, -0.15) is 8.78 Å². The van der Waals surface area contributed by atoms with E-state index in [2.05, 4.69) is 20.0 Å². The zero-order chi connectivity index (χ0) is 15.4. The summed E-state index contributed by atoms with van der Waals surface area (Å²) in [5, 5.41) is 2.63. The van der Waals surface area contributed by atoms with Gasteiger partial charge in [-0.1, -0.05) is 0 Å². The molecule has 0 saturated heterocycles. The first-order valence-corrected chi connectivity index (χ1v) is 6.12. The molecule has 0 unspecified atom stereocenters. The van der Waals surface area contributed by atoms with Gasteiger partial charge in [-0.3, -0.25) is 4.79 Å². The van der Waals surface area contributed by atoms with Crippen LogP contribution in [-0.4, -0.2) is 22.5 Å². The third-order valence-electron chi connectivity index (χ3n) is 2.89. The van der Waals surface area contributed by atoms with Crippen LogP contribution in [0.1, 0.15) is 21.7 Å². The fourth-order valence-corrected chi connectivity index (χ4v) is 1.68. The first-order chi connectivity index (χ1) is 9.97. The summed E-state index contributed by atoms with van der Waals surface area (Å²) >= 11 is 0. The zero-order valence-electron chi connectivity index (χ0n) is 11.4. The number of hydrogen-bond donors (Lipinski definition) is 1. The summed E-state index contributed by atoms with van der Waals surface area (Å²) in [6.07, 6.45) is 1.32. The number of amides is 1. The van der Waals surface area contributed by atoms with E-state index in [0.717, 1.165) is 5.69 Å². The second-order valence-electron chi connectivity index (χ2n) is 4.29. The number of nitrogens with one attached hydrogen (secondary N) is 1. The zero-order valence-corrected chi connectivity index (χ0v) is 11.4. The summed E-state index contributed by atoms with van der Waals surface area (Å²) in [5.74, 6) is -0.363. The summed E-state index contributed by atoms with van der Waals surface area (Å²) in [6.45, 7) is 0.658. The highest BCUT2D eigenvalue weighted by atomic mass is 19.3. The quantitative estimate of drug-likeness (QED) is 0.941. The lowest BCUT2D eigenvalue weighted by Gasteiger charge is -2.09. The second kappa shape index (κ2) is 6.25. The molecular weight excluding hydrogens is 280 g/mol. The monoisotopic (exact) mass is 293 g/mol. The molecule has 2 aromatic rings. The van der Waals surface area contributed by atoms with Crippen LogP contribution in [0.5, 0.6) is 5.75 Å². The van der Waals surface area contributed by atoms with E-state index >= 15 is 0 Å². The highest BCUT2D eigenvalue weighted by Gasteiger charge is 2.13. The van der Waals surface area contributed by atoms with Crippen molar-refractivity contribution in [3.8, 4) is 5.75 Å². The maximum Gasteiger partial charge on any atom is 0.387 e. The van der Waals surface area contributed by atoms with Crippen molar-refractivity contribution in [1.29, 1.82) is 0 Å². The van der Waals surface area contributed by atoms with Crippen LogP contribution >= 0.6 is 0 Å². The number of alkyl halides is 2. The van der Waals surface area contributed by atoms with E-state index < -0.39 is 6.61 Å². The van der Waals surface area contributed by atoms with Gasteiger partial charge in [0.05, 0.1) is 0 Å². The average molecular weight is 293 g/mol. The summed E-state index contributed by atoms with van der Waals surface area (Å²) < 4.78 is 28.3. The topological polar surface area (TPSA) is 64.1 Å². The number of carbonyl (C=O) groups excluding carboxylic acids is 1. The van der Waals surface area contributed by atoms with Crippen LogP contribution in [0.4, 0.5) is 14.5 Å². The van der Waals surface area contributed by atoms with Gasteiger partial charge in [-0.05, 0) is 38.1 Å². The maximum atomic E-state index is 12.1. The molecule has 5 nitrogen and oxygen atoms in total. The molecule has 0 aliphatic heterocycles. The number of aromatic nitrogens is 2. The molecule has 7 heteroatoms. The standard InChI is InChI=1S/C14H13F2N3O2/c1-8-9(2)17-7-18-12(8)13(20)19-10-3-5-11(6-4-10)21-14(15)16/h3-7,14H,1-2H3,(H,19,20). The maximum absolute atomic E-state index is 12.1. The number of halogens is 2. The number of nitrogens with zero attached hydrogens (tertiary/aromatic N) is 2. The van der Waals surface area contributed by atoms with Crippen molar-refractivity contribution in [2.45, 2.75) is 20.5 Å². The average Bonchev–Trinajstić information content (AvgIpc) is 2.43. The van der Waals surface area contributed by atoms with Gasteiger partial charge in [-0.15, -0.1) is 0 Å². The van der Waals surface area contributed by atoms with Gasteiger partial charge >= 0.3 is 6.61 Å². The highest BCUT2D eigenvalue weighted by molar-refractivity contribution is 6.03. The minimum absolute atomic E-state index is 0.0251. The van der Waals surface area contributed by atoms with Crippen molar-refractivity contribution in [1.82, 2.24) is 9.97 Å². The van der Waals surface area contributed by atoms with Crippen molar-refractivity contribution in [2.24, 2.45) is 0 Å². The van der Waals surface area contributed by atoms with E-state index in [9.17, 15) is 13.6 Å². The van der Waals surface area contributed by atoms with Crippen LogP contribution in [0.2, 0.25) is 0 Å². The molecule has 1 aromatic heterocycles. The van der Waals surface area contributed by atoms with Crippen LogP contribution in [0, 0.1) is 13.8 Å². The Bertz CT molecular complexity index is 645. The van der Waals surface area contributed by atoms with Gasteiger partial charge in [0, 0.05) is 16.9 Å². The molecular formula is C14H13F2N3O2. The molecule has 0 aliphatic rings. The molecule has 110 valence electrons. The summed E-state index contributed by atoms with van der Waals surface area (Å²) in [6, 6.07) is 5.64. The van der Waals surface area contributed by atoms with E-state index in [1.165, 1.54) is 30.6 Å². The molecule has 0 bridgehead atoms. The van der Waals surface area contributed by atoms with E-state index in [-0.39, 0.29) is 17.4 Å². The number of benzene rings is 1. The molecule has 1 amide bonds. The molecule has 0 saturated carbocycles. The Morgan fingerprint density at radius 2 is 1.86 bits per heavy atom. The third kappa shape index (κ3) is 3.71. The van der Waals surface area contributed by atoms with Crippen molar-refractivity contribution in [2.75, 3.05) is 5.32 Å². The molecule has 0 atom stereocenters. The predicted molar refractivity (Wildman–Crippen MR) is 72.5 cm³/mol. The largest absolute Gasteiger partial charge is 0.435 e. The Balaban J connectivity index is 2.11. The smallest absolute Gasteiger partial charge is 0.387 e. The van der Waals surface area contributed by atoms with Gasteiger partial charge in [0.2, 0.25) is 0 Å². The molecule has 0 radical (unpaired) electrons. The Kier molecular flexibility index (Phi) is 4.42. The minimum atomic E-state index is -2.88. The lowest BCUT2D eigenvalue weighted by Crippen LogP contribution is -2.16. The number of carbonyl (C=O) groups is 1. The Hall–Kier alpha value is -2.57. The molecule has 0 aliphatic carbocycles. The molecule has 2 rings (SSSR count). The molecule has 1 aromatic carbocycles. The Morgan fingerprint density at radius 1 is 1.19 bits per heavy atom. The number of anilines is 1. The Morgan fingerprint density at radius 3 is 2.48 bits per heavy atom. The van der Waals surface area contributed by atoms with Crippen LogP contribution in [0.25, 0.3) is 0 Å². The van der Waals surface area contributed by atoms with Crippen LogP contribution < -0.4 is 10.1 Å². The number of rotatable bonds is 4. The normalized spacial score (nSPS) is 10.5. The molecule has 1 heterocycles. The first-order valence-electron chi connectivity index (χ1n) is 6.12. The summed E-state index contributed by atoms with van der Waals surface area (Å²) in [5.41, 5.74) is 2.14. The van der Waals surface area contributed by atoms with Gasteiger partial charge in [-0.25, -0.2) is 9.97 Å². The third-order valence-corrected chi connectivity index (χ3v) is 2.89. The Labute approximate surface area is 120 Å². The van der Waals surface area contributed by atoms with Crippen LogP contribution in [0.3, 0.4) is 0 Å². The second-order valence-corrected chi connectivity index (χ2v) is 4.29. The van der Waals surface area contributed by atoms with E-state index in [1.807, 2.05) is 0 Å². The minimum Gasteiger partial charge on any atom is -0.435 e. The van der Waals surface area contributed by atoms with Crippen molar-refractivity contribution < 1.29 is 18.3 Å². The van der Waals surface area contributed by atoms with Gasteiger partial charge < -0.3 is 10.1 Å². The van der Waals surface area contributed by atoms with Crippen LogP contribution in [-0.2, 0) is 0 Å². The molecule has 0 spiro atoms. The summed E-state index contributed by atoms with van der Waals surface area (Å²) in [7, 11) is 0. The van der Waals surface area contributed by atoms with Crippen LogP contribution in [0.15, 0.2) is 30.6 Å². The number of aryl methyl sites for hydroxylation is 1. The highest BCUT2D eigenvalue weighted by Crippen LogP contribution is 2.18. The fraction of sp³-hybridized carbons (Fsp3) is 0.214. The molecule has 1 N–H and O–H groups in total. The predicted octanol–water partition coefficient (Wildman–Crippen LogP) is 2.95. The van der Waals surface area contributed by atoms with Gasteiger partial charge in [0.25, 0.3) is 5.91 Å². The van der Waals surface area contributed by atoms with Gasteiger partial charge in [0.15, 0.2) is 0 Å². The van der Waals surface area contributed by atoms with E-state index in [4.69, 9.17) is 0 Å². The SMILES string of the molecule is Cc1ncnc(C(=O)Nc2ccc(OC(F)F)cc2)c1C. The van der Waals surface area contributed by atoms with Crippen molar-refractivity contribution in [3.63, 3.8) is 0 Å². The van der Waals surface area contributed by atoms with E-state index in [1.54, 1.807) is 13.8 Å². The lowest BCUT2D eigenvalue weighted by atomic mass is 10.2. The fourth-order valence-electron chi connectivity index (χ4n) is 1.68. The van der Waals surface area contributed by atoms with Gasteiger partial charge in [0.1, 0.15) is 17.8 Å². The molecule has 21 heavy (non-hydrogen) atoms. The lowest BCUT2D eigenvalue weighted by molar-refractivity contribution is -0.0498. The van der Waals surface area contributed by atoms with Crippen molar-refractivity contribution >= 4 is 11.6 Å². The first kappa shape index (κ1) is 14.8. The molecule has 0 fully saturated rings. The number of hydrogen-bond acceptors (Lipinski definition) is 4. The van der Waals surface area contributed by atoms with E-state index in [0.29, 0.717) is 11.3 Å². The number of ether oxygens (including phenoxy) is 1.